The van der Waals surface area contributed by atoms with E-state index in [4.69, 9.17) is 10.5 Å². The third kappa shape index (κ3) is 2.28. The lowest BCUT2D eigenvalue weighted by Crippen LogP contribution is -2.53. The normalized spacial score (nSPS) is 18.4. The first-order valence-corrected chi connectivity index (χ1v) is 6.64. The van der Waals surface area contributed by atoms with Crippen LogP contribution < -0.4 is 10.6 Å². The number of carbonyl (C=O) groups is 1. The number of nitrogens with zero attached hydrogens (tertiary/aromatic N) is 3. The fourth-order valence-corrected chi connectivity index (χ4v) is 2.63. The number of morpholine rings is 1. The summed E-state index contributed by atoms with van der Waals surface area (Å²) in [5.41, 5.74) is 7.39. The SMILES string of the molecule is N#Cc1cnc2ccccc2c1N1CCOCC1C(N)=O. The number of primary amides is 1. The number of aromatic nitrogens is 1. The molecule has 1 aromatic carbocycles. The average molecular weight is 282 g/mol. The summed E-state index contributed by atoms with van der Waals surface area (Å²) in [6.45, 7) is 1.23. The number of hydrogen-bond donors (Lipinski definition) is 1. The summed E-state index contributed by atoms with van der Waals surface area (Å²) in [5.74, 6) is -0.459. The molecule has 2 aromatic rings. The van der Waals surface area contributed by atoms with Gasteiger partial charge in [0, 0.05) is 18.1 Å². The molecule has 1 unspecified atom stereocenters. The minimum Gasteiger partial charge on any atom is -0.377 e. The Labute approximate surface area is 121 Å². The Morgan fingerprint density at radius 1 is 1.48 bits per heavy atom. The predicted octanol–water partition coefficient (Wildman–Crippen LogP) is 0.797. The molecular weight excluding hydrogens is 268 g/mol. The molecule has 6 nitrogen and oxygen atoms in total. The van der Waals surface area contributed by atoms with E-state index in [-0.39, 0.29) is 6.61 Å². The van der Waals surface area contributed by atoms with Gasteiger partial charge in [-0.3, -0.25) is 9.78 Å². The van der Waals surface area contributed by atoms with E-state index in [1.165, 1.54) is 6.20 Å². The van der Waals surface area contributed by atoms with Crippen molar-refractivity contribution in [3.8, 4) is 6.07 Å². The average Bonchev–Trinajstić information content (AvgIpc) is 2.53. The van der Waals surface area contributed by atoms with E-state index in [1.807, 2.05) is 29.2 Å². The number of benzene rings is 1. The number of pyridine rings is 1. The van der Waals surface area contributed by atoms with Gasteiger partial charge in [-0.25, -0.2) is 0 Å². The van der Waals surface area contributed by atoms with E-state index >= 15 is 0 Å². The summed E-state index contributed by atoms with van der Waals surface area (Å²) in [5, 5.41) is 10.2. The van der Waals surface area contributed by atoms with E-state index in [0.29, 0.717) is 24.4 Å². The van der Waals surface area contributed by atoms with Gasteiger partial charge in [0.05, 0.1) is 30.0 Å². The third-order valence-electron chi connectivity index (χ3n) is 3.61. The van der Waals surface area contributed by atoms with Crippen molar-refractivity contribution < 1.29 is 9.53 Å². The number of fused-ring (bicyclic) bond motifs is 1. The van der Waals surface area contributed by atoms with Crippen LogP contribution >= 0.6 is 0 Å². The number of amides is 1. The van der Waals surface area contributed by atoms with Gasteiger partial charge in [0.15, 0.2) is 0 Å². The van der Waals surface area contributed by atoms with Crippen molar-refractivity contribution >= 4 is 22.5 Å². The van der Waals surface area contributed by atoms with Crippen LogP contribution in [0.4, 0.5) is 5.69 Å². The summed E-state index contributed by atoms with van der Waals surface area (Å²) in [4.78, 5) is 17.8. The number of nitrogens with two attached hydrogens (primary N) is 1. The van der Waals surface area contributed by atoms with Gasteiger partial charge in [-0.2, -0.15) is 5.26 Å². The molecule has 6 heteroatoms. The van der Waals surface area contributed by atoms with Crippen LogP contribution in [0.3, 0.4) is 0 Å². The molecule has 21 heavy (non-hydrogen) atoms. The van der Waals surface area contributed by atoms with E-state index in [0.717, 1.165) is 10.9 Å². The Kier molecular flexibility index (Phi) is 3.42. The minimum atomic E-state index is -0.573. The van der Waals surface area contributed by atoms with Crippen LogP contribution in [0.15, 0.2) is 30.5 Å². The summed E-state index contributed by atoms with van der Waals surface area (Å²) < 4.78 is 5.34. The lowest BCUT2D eigenvalue weighted by atomic mass is 10.1. The van der Waals surface area contributed by atoms with Gasteiger partial charge in [0.1, 0.15) is 12.1 Å². The molecule has 1 amide bonds. The molecule has 2 heterocycles. The van der Waals surface area contributed by atoms with Crippen LogP contribution in [0, 0.1) is 11.3 Å². The minimum absolute atomic E-state index is 0.233. The molecule has 0 spiro atoms. The topological polar surface area (TPSA) is 92.2 Å². The highest BCUT2D eigenvalue weighted by Gasteiger charge is 2.30. The highest BCUT2D eigenvalue weighted by Crippen LogP contribution is 2.31. The van der Waals surface area contributed by atoms with Gasteiger partial charge in [-0.15, -0.1) is 0 Å². The van der Waals surface area contributed by atoms with Crippen molar-refractivity contribution in [1.29, 1.82) is 5.26 Å². The molecule has 0 bridgehead atoms. The zero-order valence-corrected chi connectivity index (χ0v) is 11.3. The van der Waals surface area contributed by atoms with E-state index in [9.17, 15) is 10.1 Å². The van der Waals surface area contributed by atoms with Crippen LogP contribution in [0.2, 0.25) is 0 Å². The Hall–Kier alpha value is -2.65. The quantitative estimate of drug-likeness (QED) is 0.879. The number of anilines is 1. The second-order valence-electron chi connectivity index (χ2n) is 4.84. The third-order valence-corrected chi connectivity index (χ3v) is 3.61. The van der Waals surface area contributed by atoms with Crippen LogP contribution in [0.1, 0.15) is 5.56 Å². The number of nitriles is 1. The summed E-state index contributed by atoms with van der Waals surface area (Å²) in [6.07, 6.45) is 1.53. The largest absolute Gasteiger partial charge is 0.377 e. The fraction of sp³-hybridized carbons (Fsp3) is 0.267. The van der Waals surface area contributed by atoms with E-state index in [1.54, 1.807) is 0 Å². The summed E-state index contributed by atoms with van der Waals surface area (Å²) >= 11 is 0. The standard InChI is InChI=1S/C15H14N4O2/c16-7-10-8-18-12-4-2-1-3-11(12)14(10)19-5-6-21-9-13(19)15(17)20/h1-4,8,13H,5-6,9H2,(H2,17,20). The molecule has 1 fully saturated rings. The Morgan fingerprint density at radius 3 is 3.05 bits per heavy atom. The van der Waals surface area contributed by atoms with Crippen LogP contribution in [0.25, 0.3) is 10.9 Å². The number of carbonyl (C=O) groups excluding carboxylic acids is 1. The van der Waals surface area contributed by atoms with Crippen molar-refractivity contribution in [3.63, 3.8) is 0 Å². The number of ether oxygens (including phenoxy) is 1. The number of hydrogen-bond acceptors (Lipinski definition) is 5. The van der Waals surface area contributed by atoms with Crippen LogP contribution in [0.5, 0.6) is 0 Å². The van der Waals surface area contributed by atoms with Crippen molar-refractivity contribution in [2.75, 3.05) is 24.7 Å². The lowest BCUT2D eigenvalue weighted by molar-refractivity contribution is -0.121. The van der Waals surface area contributed by atoms with Gasteiger partial charge >= 0.3 is 0 Å². The molecular formula is C15H14N4O2. The fourth-order valence-electron chi connectivity index (χ4n) is 2.63. The number of para-hydroxylation sites is 1. The molecule has 1 atom stereocenters. The predicted molar refractivity (Wildman–Crippen MR) is 77.6 cm³/mol. The van der Waals surface area contributed by atoms with Gasteiger partial charge in [-0.1, -0.05) is 18.2 Å². The zero-order valence-electron chi connectivity index (χ0n) is 11.3. The Morgan fingerprint density at radius 2 is 2.29 bits per heavy atom. The second kappa shape index (κ2) is 5.38. The maximum absolute atomic E-state index is 11.7. The highest BCUT2D eigenvalue weighted by molar-refractivity contribution is 5.97. The first-order chi connectivity index (χ1) is 10.2. The van der Waals surface area contributed by atoms with Crippen molar-refractivity contribution in [1.82, 2.24) is 4.98 Å². The monoisotopic (exact) mass is 282 g/mol. The molecule has 0 aliphatic carbocycles. The van der Waals surface area contributed by atoms with Crippen LogP contribution in [-0.2, 0) is 9.53 Å². The van der Waals surface area contributed by atoms with Crippen molar-refractivity contribution in [2.45, 2.75) is 6.04 Å². The van der Waals surface area contributed by atoms with Crippen LogP contribution in [-0.4, -0.2) is 36.7 Å². The molecule has 2 N–H and O–H groups in total. The maximum atomic E-state index is 11.7. The molecule has 1 saturated heterocycles. The molecule has 106 valence electrons. The van der Waals surface area contributed by atoms with E-state index < -0.39 is 11.9 Å². The molecule has 0 saturated carbocycles. The number of rotatable bonds is 2. The molecule has 0 radical (unpaired) electrons. The van der Waals surface area contributed by atoms with Crippen molar-refractivity contribution in [3.05, 3.63) is 36.0 Å². The van der Waals surface area contributed by atoms with Crippen molar-refractivity contribution in [2.24, 2.45) is 5.73 Å². The lowest BCUT2D eigenvalue weighted by Gasteiger charge is -2.36. The first kappa shape index (κ1) is 13.3. The Bertz CT molecular complexity index is 738. The second-order valence-corrected chi connectivity index (χ2v) is 4.84. The smallest absolute Gasteiger partial charge is 0.242 e. The molecule has 1 aliphatic rings. The van der Waals surface area contributed by atoms with Gasteiger partial charge in [0.25, 0.3) is 0 Å². The highest BCUT2D eigenvalue weighted by atomic mass is 16.5. The Balaban J connectivity index is 2.22. The van der Waals surface area contributed by atoms with Gasteiger partial charge in [-0.05, 0) is 6.07 Å². The van der Waals surface area contributed by atoms with Gasteiger partial charge < -0.3 is 15.4 Å². The molecule has 1 aliphatic heterocycles. The molecule has 3 rings (SSSR count). The first-order valence-electron chi connectivity index (χ1n) is 6.64. The maximum Gasteiger partial charge on any atom is 0.242 e. The van der Waals surface area contributed by atoms with E-state index in [2.05, 4.69) is 11.1 Å². The molecule has 1 aromatic heterocycles. The zero-order chi connectivity index (χ0) is 14.8. The van der Waals surface area contributed by atoms with Gasteiger partial charge in [0.2, 0.25) is 5.91 Å². The summed E-state index contributed by atoms with van der Waals surface area (Å²) in [7, 11) is 0. The summed E-state index contributed by atoms with van der Waals surface area (Å²) in [6, 6.07) is 9.11.